The third kappa shape index (κ3) is 9.59. The quantitative estimate of drug-likeness (QED) is 0.126. The number of ketones is 1. The Morgan fingerprint density at radius 1 is 0.767 bits per heavy atom. The third-order valence-corrected chi connectivity index (χ3v) is 15.0. The molecule has 16 heteroatoms. The second-order valence-electron chi connectivity index (χ2n) is 19.7. The number of hydrogen-bond donors (Lipinski definition) is 4. The number of Topliss-reactive ketones (excluding diaryl/α,β-unsaturated/α-hetero) is 1. The first-order valence-corrected chi connectivity index (χ1v) is 23.3. The zero-order chi connectivity index (χ0) is 42.1. The maximum absolute atomic E-state index is 17.0. The summed E-state index contributed by atoms with van der Waals surface area (Å²) in [6.07, 6.45) is 9.77. The van der Waals surface area contributed by atoms with Crippen LogP contribution in [0.2, 0.25) is 0 Å². The Morgan fingerprint density at radius 2 is 1.48 bits per heavy atom. The fourth-order valence-electron chi connectivity index (χ4n) is 12.1. The molecule has 13 atom stereocenters. The standard InChI is InChI=1S/C44H72FN9O6/c1-50(2)15-8-7-13-46-22-38(55)49-28-12-17-53(25-28)44(58)32-26-54-34-21-36-30(29-9-5-6-10-35(29)59-36)20-37(34)60-43-40(54)31(42(32)57)19-33(45)41(43)52-16-11-27(24-52)48-39(56)23-47-14-18-51(3)4/h26-31,33-37,40-41,43,46-47H,5-25H2,1-4H3,(H,48,56)(H,49,55)/t27-,28-,29?,30?,31?,33?,34?,35?,36?,37?,40?,41?,43?/m1/s1. The lowest BCUT2D eigenvalue weighted by molar-refractivity contribution is -0.220. The van der Waals surface area contributed by atoms with E-state index in [1.54, 1.807) is 4.90 Å². The Balaban J connectivity index is 0.960. The summed E-state index contributed by atoms with van der Waals surface area (Å²) in [5.41, 5.74) is 0.124. The zero-order valence-corrected chi connectivity index (χ0v) is 36.5. The Bertz CT molecular complexity index is 1590. The van der Waals surface area contributed by atoms with E-state index in [2.05, 4.69) is 55.0 Å². The number of likely N-dealkylation sites (tertiary alicyclic amines) is 2. The summed E-state index contributed by atoms with van der Waals surface area (Å²) < 4.78 is 30.9. The van der Waals surface area contributed by atoms with E-state index < -0.39 is 30.3 Å². The molecule has 8 aliphatic rings. The maximum atomic E-state index is 17.0. The molecule has 3 aliphatic carbocycles. The van der Waals surface area contributed by atoms with E-state index in [1.807, 2.05) is 20.3 Å². The zero-order valence-electron chi connectivity index (χ0n) is 36.5. The number of unbranched alkanes of at least 4 members (excludes halogenated alkanes) is 1. The van der Waals surface area contributed by atoms with E-state index in [0.29, 0.717) is 51.0 Å². The van der Waals surface area contributed by atoms with Gasteiger partial charge in [-0.05, 0) is 111 Å². The van der Waals surface area contributed by atoms with Crippen LogP contribution in [0.25, 0.3) is 0 Å². The van der Waals surface area contributed by atoms with Crippen molar-refractivity contribution in [3.63, 3.8) is 0 Å². The van der Waals surface area contributed by atoms with E-state index in [0.717, 1.165) is 58.2 Å². The number of halogens is 1. The molecule has 7 fully saturated rings. The summed E-state index contributed by atoms with van der Waals surface area (Å²) in [4.78, 5) is 64.9. The number of hydrogen-bond acceptors (Lipinski definition) is 12. The SMILES string of the molecule is CN(C)CCCCNCC(=O)N[C@@H]1CCN(C(=O)C2=CN3C4CC5OC6CCCCC6C5CC4OC4C(N5CC[C@@H](NC(=O)CNCCN(C)C)C5)C(F)CC(C2=O)C43)C1. The highest BCUT2D eigenvalue weighted by Crippen LogP contribution is 2.53. The first-order valence-electron chi connectivity index (χ1n) is 23.3. The molecule has 0 aromatic carbocycles. The van der Waals surface area contributed by atoms with Crippen LogP contribution < -0.4 is 21.3 Å². The molecular weight excluding hydrogens is 770 g/mol. The predicted octanol–water partition coefficient (Wildman–Crippen LogP) is 0.344. The topological polar surface area (TPSA) is 151 Å². The van der Waals surface area contributed by atoms with Gasteiger partial charge in [0.1, 0.15) is 6.17 Å². The summed E-state index contributed by atoms with van der Waals surface area (Å²) in [5, 5.41) is 12.7. The van der Waals surface area contributed by atoms with Gasteiger partial charge in [0.05, 0.1) is 61.2 Å². The molecule has 15 nitrogen and oxygen atoms in total. The van der Waals surface area contributed by atoms with Crippen molar-refractivity contribution in [1.82, 2.24) is 45.8 Å². The van der Waals surface area contributed by atoms with Gasteiger partial charge >= 0.3 is 0 Å². The highest BCUT2D eigenvalue weighted by molar-refractivity contribution is 6.20. The van der Waals surface area contributed by atoms with Crippen LogP contribution in [0.3, 0.4) is 0 Å². The predicted molar refractivity (Wildman–Crippen MR) is 225 cm³/mol. The number of nitrogens with one attached hydrogen (secondary N) is 4. The molecule has 8 rings (SSSR count). The molecule has 336 valence electrons. The average molecular weight is 842 g/mol. The second-order valence-corrected chi connectivity index (χ2v) is 19.7. The molecule has 5 aliphatic heterocycles. The molecule has 3 saturated carbocycles. The van der Waals surface area contributed by atoms with Crippen LogP contribution in [0, 0.1) is 17.8 Å². The van der Waals surface area contributed by atoms with Gasteiger partial charge < -0.3 is 50.3 Å². The van der Waals surface area contributed by atoms with Crippen LogP contribution in [-0.2, 0) is 28.7 Å². The number of ether oxygens (including phenoxy) is 2. The molecule has 0 spiro atoms. The van der Waals surface area contributed by atoms with Crippen molar-refractivity contribution in [3.8, 4) is 0 Å². The third-order valence-electron chi connectivity index (χ3n) is 15.0. The molecule has 4 N–H and O–H groups in total. The molecule has 0 aromatic heterocycles. The van der Waals surface area contributed by atoms with Gasteiger partial charge in [-0.15, -0.1) is 0 Å². The minimum Gasteiger partial charge on any atom is -0.374 e. The summed E-state index contributed by atoms with van der Waals surface area (Å²) >= 11 is 0. The number of likely N-dealkylation sites (N-methyl/N-ethyl adjacent to an activating group) is 1. The summed E-state index contributed by atoms with van der Waals surface area (Å²) in [5.74, 6) is -0.620. The van der Waals surface area contributed by atoms with Crippen molar-refractivity contribution in [1.29, 1.82) is 0 Å². The van der Waals surface area contributed by atoms with Crippen molar-refractivity contribution in [2.75, 3.05) is 93.6 Å². The highest BCUT2D eigenvalue weighted by Gasteiger charge is 2.62. The summed E-state index contributed by atoms with van der Waals surface area (Å²) in [6, 6.07) is -1.35. The molecule has 0 radical (unpaired) electrons. The first-order chi connectivity index (χ1) is 28.9. The van der Waals surface area contributed by atoms with Gasteiger partial charge in [-0.1, -0.05) is 12.8 Å². The molecule has 11 unspecified atom stereocenters. The van der Waals surface area contributed by atoms with Crippen molar-refractivity contribution in [3.05, 3.63) is 11.8 Å². The molecule has 4 saturated heterocycles. The lowest BCUT2D eigenvalue weighted by Crippen LogP contribution is -2.73. The van der Waals surface area contributed by atoms with Crippen LogP contribution in [0.5, 0.6) is 0 Å². The van der Waals surface area contributed by atoms with Crippen LogP contribution in [0.4, 0.5) is 4.39 Å². The molecule has 60 heavy (non-hydrogen) atoms. The monoisotopic (exact) mass is 842 g/mol. The highest BCUT2D eigenvalue weighted by atomic mass is 19.1. The minimum absolute atomic E-state index is 0.0172. The number of amides is 3. The lowest BCUT2D eigenvalue weighted by Gasteiger charge is -2.61. The molecule has 3 amide bonds. The fraction of sp³-hybridized carbons (Fsp3) is 0.864. The maximum Gasteiger partial charge on any atom is 0.259 e. The Morgan fingerprint density at radius 3 is 2.25 bits per heavy atom. The number of fused-ring (bicyclic) bond motifs is 5. The van der Waals surface area contributed by atoms with Gasteiger partial charge in [-0.25, -0.2) is 4.39 Å². The number of carbonyl (C=O) groups excluding carboxylic acids is 4. The van der Waals surface area contributed by atoms with Crippen LogP contribution >= 0.6 is 0 Å². The first kappa shape index (κ1) is 43.9. The summed E-state index contributed by atoms with van der Waals surface area (Å²) in [6.45, 7) is 5.70. The number of carbonyl (C=O) groups is 4. The average Bonchev–Trinajstić information content (AvgIpc) is 3.96. The number of nitrogens with zero attached hydrogens (tertiary/aromatic N) is 5. The smallest absolute Gasteiger partial charge is 0.259 e. The van der Waals surface area contributed by atoms with E-state index in [1.165, 1.54) is 19.3 Å². The molecule has 5 heterocycles. The van der Waals surface area contributed by atoms with Gasteiger partial charge in [0.2, 0.25) is 11.8 Å². The molecule has 0 aromatic rings. The van der Waals surface area contributed by atoms with Gasteiger partial charge in [-0.3, -0.25) is 24.1 Å². The second kappa shape index (κ2) is 19.3. The Hall–Kier alpha value is -2.73. The van der Waals surface area contributed by atoms with Crippen molar-refractivity contribution in [2.45, 2.75) is 131 Å². The number of alkyl halides is 1. The Labute approximate surface area is 356 Å². The molecule has 0 bridgehead atoms. The number of morpholine rings is 1. The van der Waals surface area contributed by atoms with E-state index >= 15 is 4.39 Å². The van der Waals surface area contributed by atoms with E-state index in [-0.39, 0.29) is 85.0 Å². The van der Waals surface area contributed by atoms with Crippen molar-refractivity contribution < 1.29 is 33.0 Å². The van der Waals surface area contributed by atoms with E-state index in [4.69, 9.17) is 9.47 Å². The van der Waals surface area contributed by atoms with Gasteiger partial charge in [0, 0.05) is 63.5 Å². The largest absolute Gasteiger partial charge is 0.374 e. The van der Waals surface area contributed by atoms with Gasteiger partial charge in [-0.2, -0.15) is 0 Å². The van der Waals surface area contributed by atoms with Crippen LogP contribution in [-0.4, -0.2) is 202 Å². The normalized spacial score (nSPS) is 37.4. The van der Waals surface area contributed by atoms with Gasteiger partial charge in [0.15, 0.2) is 5.78 Å². The van der Waals surface area contributed by atoms with Crippen molar-refractivity contribution >= 4 is 23.5 Å². The summed E-state index contributed by atoms with van der Waals surface area (Å²) in [7, 11) is 8.09. The van der Waals surface area contributed by atoms with Crippen LogP contribution in [0.15, 0.2) is 11.8 Å². The molecular formula is C44H72FN9O6. The fourth-order valence-corrected chi connectivity index (χ4v) is 12.1. The lowest BCUT2D eigenvalue weighted by atomic mass is 9.67. The minimum atomic E-state index is -1.34. The van der Waals surface area contributed by atoms with Crippen molar-refractivity contribution in [2.24, 2.45) is 17.8 Å². The number of rotatable bonds is 16. The van der Waals surface area contributed by atoms with Gasteiger partial charge in [0.25, 0.3) is 5.91 Å². The Kier molecular flexibility index (Phi) is 14.2. The van der Waals surface area contributed by atoms with E-state index in [9.17, 15) is 19.2 Å². The van der Waals surface area contributed by atoms with Crippen LogP contribution in [0.1, 0.15) is 70.6 Å².